The minimum absolute atomic E-state index is 0.223. The maximum Gasteiger partial charge on any atom is 0.341 e. The molecule has 0 aliphatic rings. The number of ether oxygens (including phenoxy) is 1. The molecular weight excluding hydrogens is 381 g/mol. The minimum Gasteiger partial charge on any atom is -0.454 e. The quantitative estimate of drug-likeness (QED) is 0.622. The van der Waals surface area contributed by atoms with E-state index in [-0.39, 0.29) is 11.5 Å². The highest BCUT2D eigenvalue weighted by molar-refractivity contribution is 9.10. The Kier molecular flexibility index (Phi) is 5.81. The van der Waals surface area contributed by atoms with Crippen molar-refractivity contribution in [2.75, 3.05) is 11.9 Å². The molecule has 0 spiro atoms. The summed E-state index contributed by atoms with van der Waals surface area (Å²) in [6, 6.07) is 9.98. The predicted octanol–water partition coefficient (Wildman–Crippen LogP) is 3.59. The number of ketones is 1. The van der Waals surface area contributed by atoms with Gasteiger partial charge in [-0.25, -0.2) is 9.18 Å². The van der Waals surface area contributed by atoms with Gasteiger partial charge in [0.2, 0.25) is 5.91 Å². The van der Waals surface area contributed by atoms with Crippen molar-refractivity contribution in [3.05, 3.63) is 63.9 Å². The number of hydrogen-bond acceptors (Lipinski definition) is 4. The third-order valence-corrected chi connectivity index (χ3v) is 3.50. The van der Waals surface area contributed by atoms with E-state index < -0.39 is 24.2 Å². The minimum atomic E-state index is -0.919. The number of carbonyl (C=O) groups excluding carboxylic acids is 3. The molecule has 2 rings (SSSR count). The van der Waals surface area contributed by atoms with Crippen molar-refractivity contribution in [2.45, 2.75) is 6.92 Å². The van der Waals surface area contributed by atoms with Gasteiger partial charge in [-0.15, -0.1) is 0 Å². The molecule has 24 heavy (non-hydrogen) atoms. The SMILES string of the molecule is CC(=O)Nc1ccc(C(=O)COC(=O)c2cc(Br)ccc2F)cc1. The molecule has 1 N–H and O–H groups in total. The highest BCUT2D eigenvalue weighted by Gasteiger charge is 2.16. The summed E-state index contributed by atoms with van der Waals surface area (Å²) in [5.41, 5.74) is 0.608. The number of amides is 1. The van der Waals surface area contributed by atoms with Crippen molar-refractivity contribution in [1.82, 2.24) is 0 Å². The zero-order chi connectivity index (χ0) is 17.7. The van der Waals surface area contributed by atoms with Gasteiger partial charge in [0.1, 0.15) is 5.82 Å². The smallest absolute Gasteiger partial charge is 0.341 e. The van der Waals surface area contributed by atoms with Crippen LogP contribution in [0.2, 0.25) is 0 Å². The molecule has 0 saturated carbocycles. The van der Waals surface area contributed by atoms with Crippen LogP contribution in [0.5, 0.6) is 0 Å². The van der Waals surface area contributed by atoms with E-state index in [1.807, 2.05) is 0 Å². The number of anilines is 1. The van der Waals surface area contributed by atoms with E-state index in [4.69, 9.17) is 4.74 Å². The molecule has 0 bridgehead atoms. The molecule has 5 nitrogen and oxygen atoms in total. The summed E-state index contributed by atoms with van der Waals surface area (Å²) in [6.45, 7) is 0.865. The second-order valence-corrected chi connectivity index (χ2v) is 5.80. The summed E-state index contributed by atoms with van der Waals surface area (Å²) in [5, 5.41) is 2.57. The van der Waals surface area contributed by atoms with Gasteiger partial charge >= 0.3 is 5.97 Å². The van der Waals surface area contributed by atoms with E-state index in [0.29, 0.717) is 15.7 Å². The van der Waals surface area contributed by atoms with Crippen LogP contribution in [0.25, 0.3) is 0 Å². The summed E-state index contributed by atoms with van der Waals surface area (Å²) < 4.78 is 19.0. The molecule has 7 heteroatoms. The van der Waals surface area contributed by atoms with Crippen molar-refractivity contribution in [1.29, 1.82) is 0 Å². The lowest BCUT2D eigenvalue weighted by Crippen LogP contribution is -2.15. The fraction of sp³-hybridized carbons (Fsp3) is 0.118. The molecule has 0 unspecified atom stereocenters. The molecule has 0 aliphatic heterocycles. The Morgan fingerprint density at radius 2 is 1.79 bits per heavy atom. The largest absolute Gasteiger partial charge is 0.454 e. The highest BCUT2D eigenvalue weighted by atomic mass is 79.9. The lowest BCUT2D eigenvalue weighted by atomic mass is 10.1. The molecule has 0 aromatic heterocycles. The van der Waals surface area contributed by atoms with E-state index in [0.717, 1.165) is 6.07 Å². The van der Waals surface area contributed by atoms with Gasteiger partial charge in [-0.05, 0) is 42.5 Å². The number of Topliss-reactive ketones (excluding diaryl/α,β-unsaturated/α-hetero) is 1. The van der Waals surface area contributed by atoms with Crippen LogP contribution in [-0.4, -0.2) is 24.3 Å². The van der Waals surface area contributed by atoms with E-state index in [9.17, 15) is 18.8 Å². The Morgan fingerprint density at radius 1 is 1.12 bits per heavy atom. The lowest BCUT2D eigenvalue weighted by Gasteiger charge is -2.07. The van der Waals surface area contributed by atoms with E-state index >= 15 is 0 Å². The van der Waals surface area contributed by atoms with Gasteiger partial charge in [0.15, 0.2) is 12.4 Å². The summed E-state index contributed by atoms with van der Waals surface area (Å²) in [7, 11) is 0. The van der Waals surface area contributed by atoms with E-state index in [1.165, 1.54) is 31.2 Å². The maximum atomic E-state index is 13.6. The third-order valence-electron chi connectivity index (χ3n) is 3.01. The third kappa shape index (κ3) is 4.73. The standard InChI is InChI=1S/C17H13BrFNO4/c1-10(21)20-13-5-2-11(3-6-13)16(22)9-24-17(23)14-8-12(18)4-7-15(14)19/h2-8H,9H2,1H3,(H,20,21). The Morgan fingerprint density at radius 3 is 2.42 bits per heavy atom. The number of hydrogen-bond donors (Lipinski definition) is 1. The highest BCUT2D eigenvalue weighted by Crippen LogP contribution is 2.17. The summed E-state index contributed by atoms with van der Waals surface area (Å²) >= 11 is 3.13. The van der Waals surface area contributed by atoms with Gasteiger partial charge in [0, 0.05) is 22.6 Å². The molecule has 0 saturated heterocycles. The van der Waals surface area contributed by atoms with Crippen LogP contribution in [0.1, 0.15) is 27.6 Å². The Bertz CT molecular complexity index is 790. The van der Waals surface area contributed by atoms with Crippen LogP contribution in [0.4, 0.5) is 10.1 Å². The summed E-state index contributed by atoms with van der Waals surface area (Å²) in [6.07, 6.45) is 0. The maximum absolute atomic E-state index is 13.6. The number of benzene rings is 2. The fourth-order valence-electron chi connectivity index (χ4n) is 1.89. The zero-order valence-corrected chi connectivity index (χ0v) is 14.2. The second-order valence-electron chi connectivity index (χ2n) is 4.88. The monoisotopic (exact) mass is 393 g/mol. The first-order valence-corrected chi connectivity index (χ1v) is 7.69. The number of rotatable bonds is 5. The van der Waals surface area contributed by atoms with Crippen molar-refractivity contribution >= 4 is 39.3 Å². The molecule has 2 aromatic rings. The number of esters is 1. The second kappa shape index (κ2) is 7.83. The van der Waals surface area contributed by atoms with E-state index in [2.05, 4.69) is 21.2 Å². The lowest BCUT2D eigenvalue weighted by molar-refractivity contribution is -0.114. The van der Waals surface area contributed by atoms with Crippen LogP contribution in [-0.2, 0) is 9.53 Å². The predicted molar refractivity (Wildman–Crippen MR) is 89.5 cm³/mol. The molecule has 0 heterocycles. The molecule has 2 aromatic carbocycles. The molecule has 0 aliphatic carbocycles. The van der Waals surface area contributed by atoms with Crippen molar-refractivity contribution in [3.8, 4) is 0 Å². The average Bonchev–Trinajstić information content (AvgIpc) is 2.54. The van der Waals surface area contributed by atoms with Gasteiger partial charge in [-0.3, -0.25) is 9.59 Å². The molecular formula is C17H13BrFNO4. The first-order valence-electron chi connectivity index (χ1n) is 6.90. The summed E-state index contributed by atoms with van der Waals surface area (Å²) in [5.74, 6) is -2.31. The molecule has 0 fully saturated rings. The van der Waals surface area contributed by atoms with Crippen LogP contribution >= 0.6 is 15.9 Å². The Labute approximate surface area is 145 Å². The number of halogens is 2. The van der Waals surface area contributed by atoms with Crippen LogP contribution in [0, 0.1) is 5.82 Å². The van der Waals surface area contributed by atoms with Crippen molar-refractivity contribution < 1.29 is 23.5 Å². The molecule has 0 radical (unpaired) electrons. The van der Waals surface area contributed by atoms with Gasteiger partial charge < -0.3 is 10.1 Å². The first-order chi connectivity index (χ1) is 11.4. The van der Waals surface area contributed by atoms with Gasteiger partial charge in [0.05, 0.1) is 5.56 Å². The van der Waals surface area contributed by atoms with Crippen LogP contribution in [0.3, 0.4) is 0 Å². The topological polar surface area (TPSA) is 72.5 Å². The van der Waals surface area contributed by atoms with Gasteiger partial charge in [-0.2, -0.15) is 0 Å². The van der Waals surface area contributed by atoms with Gasteiger partial charge in [0.25, 0.3) is 0 Å². The van der Waals surface area contributed by atoms with Crippen LogP contribution in [0.15, 0.2) is 46.9 Å². The zero-order valence-electron chi connectivity index (χ0n) is 12.6. The molecule has 124 valence electrons. The number of nitrogens with one attached hydrogen (secondary N) is 1. The van der Waals surface area contributed by atoms with E-state index in [1.54, 1.807) is 12.1 Å². The Hall–Kier alpha value is -2.54. The summed E-state index contributed by atoms with van der Waals surface area (Å²) in [4.78, 5) is 34.8. The average molecular weight is 394 g/mol. The first kappa shape index (κ1) is 17.8. The number of carbonyl (C=O) groups is 3. The Balaban J connectivity index is 1.98. The van der Waals surface area contributed by atoms with Gasteiger partial charge in [-0.1, -0.05) is 15.9 Å². The molecule has 1 amide bonds. The normalized spacial score (nSPS) is 10.1. The molecule has 0 atom stereocenters. The fourth-order valence-corrected chi connectivity index (χ4v) is 2.25. The van der Waals surface area contributed by atoms with Crippen molar-refractivity contribution in [3.63, 3.8) is 0 Å². The van der Waals surface area contributed by atoms with Crippen LogP contribution < -0.4 is 5.32 Å². The van der Waals surface area contributed by atoms with Crippen molar-refractivity contribution in [2.24, 2.45) is 0 Å².